The van der Waals surface area contributed by atoms with Crippen LogP contribution in [0.25, 0.3) is 22.2 Å². The van der Waals surface area contributed by atoms with Gasteiger partial charge in [-0.05, 0) is 35.7 Å². The summed E-state index contributed by atoms with van der Waals surface area (Å²) in [7, 11) is 3.38. The number of esters is 1. The normalized spacial score (nSPS) is 10.9. The van der Waals surface area contributed by atoms with Gasteiger partial charge in [-0.2, -0.15) is 0 Å². The number of carbonyl (C=O) groups is 1. The van der Waals surface area contributed by atoms with Crippen LogP contribution in [0.5, 0.6) is 11.6 Å². The van der Waals surface area contributed by atoms with Crippen LogP contribution in [-0.4, -0.2) is 22.6 Å². The highest BCUT2D eigenvalue weighted by Crippen LogP contribution is 2.40. The van der Waals surface area contributed by atoms with E-state index in [0.717, 1.165) is 38.9 Å². The van der Waals surface area contributed by atoms with Crippen molar-refractivity contribution in [1.82, 2.24) is 9.55 Å². The van der Waals surface area contributed by atoms with Crippen LogP contribution >= 0.6 is 0 Å². The van der Waals surface area contributed by atoms with Gasteiger partial charge in [-0.15, -0.1) is 0 Å². The molecule has 0 saturated carbocycles. The number of rotatable bonds is 9. The van der Waals surface area contributed by atoms with E-state index in [9.17, 15) is 4.79 Å². The summed E-state index contributed by atoms with van der Waals surface area (Å²) in [5.74, 6) is 0.0666. The second-order valence-corrected chi connectivity index (χ2v) is 9.04. The van der Waals surface area contributed by atoms with E-state index in [0.29, 0.717) is 12.2 Å². The molecule has 2 heterocycles. The van der Waals surface area contributed by atoms with Crippen molar-refractivity contribution in [2.45, 2.75) is 26.6 Å². The smallest absolute Gasteiger partial charge is 0.347 e. The summed E-state index contributed by atoms with van der Waals surface area (Å²) in [6.07, 6.45) is 2.63. The van der Waals surface area contributed by atoms with Crippen molar-refractivity contribution in [3.05, 3.63) is 113 Å². The molecule has 0 aliphatic rings. The van der Waals surface area contributed by atoms with E-state index in [4.69, 9.17) is 19.2 Å². The first-order chi connectivity index (χ1) is 18.6. The van der Waals surface area contributed by atoms with Crippen molar-refractivity contribution in [3.8, 4) is 22.9 Å². The lowest BCUT2D eigenvalue weighted by Crippen LogP contribution is -2.14. The lowest BCUT2D eigenvalue weighted by molar-refractivity contribution is 0.0588. The zero-order valence-electron chi connectivity index (χ0n) is 21.8. The molecule has 6 nitrogen and oxygen atoms in total. The Bertz CT molecular complexity index is 1560. The van der Waals surface area contributed by atoms with Gasteiger partial charge in [-0.1, -0.05) is 73.7 Å². The summed E-state index contributed by atoms with van der Waals surface area (Å²) >= 11 is 0. The van der Waals surface area contributed by atoms with Crippen molar-refractivity contribution in [2.24, 2.45) is 7.05 Å². The monoisotopic (exact) mass is 506 g/mol. The number of pyridine rings is 1. The van der Waals surface area contributed by atoms with Crippen LogP contribution in [-0.2, 0) is 31.4 Å². The summed E-state index contributed by atoms with van der Waals surface area (Å²) < 4.78 is 19.9. The highest BCUT2D eigenvalue weighted by atomic mass is 16.5. The zero-order valence-corrected chi connectivity index (χ0v) is 21.8. The van der Waals surface area contributed by atoms with Crippen LogP contribution in [0.4, 0.5) is 0 Å². The van der Waals surface area contributed by atoms with Gasteiger partial charge < -0.3 is 18.8 Å². The van der Waals surface area contributed by atoms with Crippen LogP contribution in [0.3, 0.4) is 0 Å². The average molecular weight is 507 g/mol. The largest absolute Gasteiger partial charge is 0.487 e. The number of hydrogen-bond acceptors (Lipinski definition) is 5. The van der Waals surface area contributed by atoms with Gasteiger partial charge in [0, 0.05) is 35.3 Å². The minimum absolute atomic E-state index is 0.184. The molecule has 0 fully saturated rings. The van der Waals surface area contributed by atoms with Gasteiger partial charge in [0.2, 0.25) is 5.88 Å². The summed E-state index contributed by atoms with van der Waals surface area (Å²) in [4.78, 5) is 18.1. The molecule has 0 bridgehead atoms. The maximum atomic E-state index is 13.1. The van der Waals surface area contributed by atoms with E-state index in [-0.39, 0.29) is 24.7 Å². The maximum absolute atomic E-state index is 13.1. The fourth-order valence-electron chi connectivity index (χ4n) is 4.58. The molecular formula is C32H30N2O4. The van der Waals surface area contributed by atoms with Gasteiger partial charge in [0.1, 0.15) is 19.0 Å². The molecule has 0 radical (unpaired) electrons. The summed E-state index contributed by atoms with van der Waals surface area (Å²) in [6, 6.07) is 27.9. The maximum Gasteiger partial charge on any atom is 0.347 e. The number of methoxy groups -OCH3 is 1. The molecule has 0 spiro atoms. The predicted octanol–water partition coefficient (Wildman–Crippen LogP) is 6.75. The highest BCUT2D eigenvalue weighted by Gasteiger charge is 2.28. The lowest BCUT2D eigenvalue weighted by atomic mass is 9.99. The molecule has 38 heavy (non-hydrogen) atoms. The molecule has 0 amide bonds. The third-order valence-electron chi connectivity index (χ3n) is 6.56. The standard InChI is InChI=1S/C32H30N2O4/c1-4-26-29(25-15-16-27-24(19-25)17-18-34(27)2)33-31(38-21-23-13-9-6-10-14-23)28(32(35)36-3)30(26)37-20-22-11-7-5-8-12-22/h5-19H,4,20-21H2,1-3H3. The van der Waals surface area contributed by atoms with Crippen molar-refractivity contribution < 1.29 is 19.0 Å². The molecule has 0 aliphatic carbocycles. The summed E-state index contributed by atoms with van der Waals surface area (Å²) in [5.41, 5.74) is 5.73. The Kier molecular flexibility index (Phi) is 7.40. The van der Waals surface area contributed by atoms with E-state index in [2.05, 4.69) is 22.8 Å². The van der Waals surface area contributed by atoms with E-state index in [1.807, 2.05) is 86.9 Å². The van der Waals surface area contributed by atoms with Crippen molar-refractivity contribution in [1.29, 1.82) is 0 Å². The van der Waals surface area contributed by atoms with Crippen LogP contribution in [0.15, 0.2) is 91.1 Å². The van der Waals surface area contributed by atoms with E-state index < -0.39 is 5.97 Å². The van der Waals surface area contributed by atoms with E-state index in [1.165, 1.54) is 7.11 Å². The number of nitrogens with zero attached hydrogens (tertiary/aromatic N) is 2. The fraction of sp³-hybridized carbons (Fsp3) is 0.188. The van der Waals surface area contributed by atoms with E-state index >= 15 is 0 Å². The Hall–Kier alpha value is -4.58. The number of aryl methyl sites for hydroxylation is 1. The molecule has 0 saturated heterocycles. The molecule has 6 heteroatoms. The number of carbonyl (C=O) groups excluding carboxylic acids is 1. The Morgan fingerprint density at radius 1 is 0.868 bits per heavy atom. The number of fused-ring (bicyclic) bond motifs is 1. The van der Waals surface area contributed by atoms with Crippen molar-refractivity contribution in [3.63, 3.8) is 0 Å². The molecular weight excluding hydrogens is 476 g/mol. The van der Waals surface area contributed by atoms with Gasteiger partial charge >= 0.3 is 5.97 Å². The quantitative estimate of drug-likeness (QED) is 0.207. The third kappa shape index (κ3) is 5.11. The molecule has 3 aromatic carbocycles. The lowest BCUT2D eigenvalue weighted by Gasteiger charge is -2.20. The minimum Gasteiger partial charge on any atom is -0.487 e. The number of benzene rings is 3. The van der Waals surface area contributed by atoms with Crippen molar-refractivity contribution in [2.75, 3.05) is 7.11 Å². The highest BCUT2D eigenvalue weighted by molar-refractivity contribution is 5.97. The molecule has 0 unspecified atom stereocenters. The van der Waals surface area contributed by atoms with Gasteiger partial charge in [0.05, 0.1) is 12.8 Å². The SMILES string of the molecule is CCc1c(-c2ccc3c(ccn3C)c2)nc(OCc2ccccc2)c(C(=O)OC)c1OCc1ccccc1. The first-order valence-corrected chi connectivity index (χ1v) is 12.6. The Balaban J connectivity index is 1.67. The first kappa shape index (κ1) is 25.1. The Morgan fingerprint density at radius 2 is 1.53 bits per heavy atom. The predicted molar refractivity (Wildman–Crippen MR) is 148 cm³/mol. The molecule has 5 rings (SSSR count). The number of ether oxygens (including phenoxy) is 3. The summed E-state index contributed by atoms with van der Waals surface area (Å²) in [5, 5.41) is 1.10. The number of aromatic nitrogens is 2. The molecule has 5 aromatic rings. The van der Waals surface area contributed by atoms with Gasteiger partial charge in [-0.25, -0.2) is 9.78 Å². The van der Waals surface area contributed by atoms with Crippen LogP contribution < -0.4 is 9.47 Å². The molecule has 192 valence electrons. The zero-order chi connectivity index (χ0) is 26.5. The minimum atomic E-state index is -0.552. The average Bonchev–Trinajstić information content (AvgIpc) is 3.34. The van der Waals surface area contributed by atoms with Crippen LogP contribution in [0.2, 0.25) is 0 Å². The Labute approximate surface area is 222 Å². The summed E-state index contributed by atoms with van der Waals surface area (Å²) in [6.45, 7) is 2.57. The second-order valence-electron chi connectivity index (χ2n) is 9.04. The van der Waals surface area contributed by atoms with Crippen LogP contribution in [0, 0.1) is 0 Å². The third-order valence-corrected chi connectivity index (χ3v) is 6.56. The fourth-order valence-corrected chi connectivity index (χ4v) is 4.58. The number of hydrogen-bond donors (Lipinski definition) is 0. The molecule has 0 N–H and O–H groups in total. The van der Waals surface area contributed by atoms with Gasteiger partial charge in [0.15, 0.2) is 5.56 Å². The van der Waals surface area contributed by atoms with Crippen LogP contribution in [0.1, 0.15) is 34.0 Å². The topological polar surface area (TPSA) is 62.6 Å². The first-order valence-electron chi connectivity index (χ1n) is 12.6. The molecule has 2 aromatic heterocycles. The molecule has 0 aliphatic heterocycles. The Morgan fingerprint density at radius 3 is 2.16 bits per heavy atom. The van der Waals surface area contributed by atoms with E-state index in [1.54, 1.807) is 0 Å². The van der Waals surface area contributed by atoms with Gasteiger partial charge in [0.25, 0.3) is 0 Å². The van der Waals surface area contributed by atoms with Crippen molar-refractivity contribution >= 4 is 16.9 Å². The second kappa shape index (κ2) is 11.2. The van der Waals surface area contributed by atoms with Gasteiger partial charge in [-0.3, -0.25) is 0 Å². The molecule has 0 atom stereocenters.